The number of hydrogen-bond donors (Lipinski definition) is 2. The summed E-state index contributed by atoms with van der Waals surface area (Å²) in [5, 5.41) is 24.0. The summed E-state index contributed by atoms with van der Waals surface area (Å²) in [6.45, 7) is 4.15. The molecule has 4 heterocycles. The number of aromatic nitrogens is 3. The number of halogens is 2. The first-order valence-corrected chi connectivity index (χ1v) is 12.5. The third kappa shape index (κ3) is 4.33. The highest BCUT2D eigenvalue weighted by Gasteiger charge is 2.54. The number of anilines is 1. The Balaban J connectivity index is 1.40. The molecule has 2 aromatic heterocycles. The molecule has 2 saturated heterocycles. The number of fused-ring (bicyclic) bond motifs is 2. The molecule has 35 heavy (non-hydrogen) atoms. The van der Waals surface area contributed by atoms with Crippen molar-refractivity contribution in [1.29, 1.82) is 0 Å². The number of ether oxygens (including phenoxy) is 1. The highest BCUT2D eigenvalue weighted by molar-refractivity contribution is 7.18. The predicted octanol–water partition coefficient (Wildman–Crippen LogP) is 4.96. The van der Waals surface area contributed by atoms with Crippen molar-refractivity contribution in [2.45, 2.75) is 62.8 Å². The van der Waals surface area contributed by atoms with E-state index in [1.807, 2.05) is 18.9 Å². The number of piperidine rings is 2. The summed E-state index contributed by atoms with van der Waals surface area (Å²) in [5.74, 6) is -0.532. The minimum atomic E-state index is -1.04. The van der Waals surface area contributed by atoms with Gasteiger partial charge < -0.3 is 20.1 Å². The maximum atomic E-state index is 15.7. The van der Waals surface area contributed by atoms with E-state index in [2.05, 4.69) is 27.4 Å². The van der Waals surface area contributed by atoms with Gasteiger partial charge in [-0.25, -0.2) is 4.39 Å². The van der Waals surface area contributed by atoms with Crippen LogP contribution in [0.5, 0.6) is 11.6 Å². The lowest BCUT2D eigenvalue weighted by Gasteiger charge is -2.56. The number of benzene rings is 1. The molecule has 7 nitrogen and oxygen atoms in total. The van der Waals surface area contributed by atoms with Gasteiger partial charge in [-0.05, 0) is 62.8 Å². The van der Waals surface area contributed by atoms with E-state index in [1.165, 1.54) is 24.5 Å². The summed E-state index contributed by atoms with van der Waals surface area (Å²) in [7, 11) is 3.28. The third-order valence-electron chi connectivity index (χ3n) is 7.37. The summed E-state index contributed by atoms with van der Waals surface area (Å²) >= 11 is 1.31. The van der Waals surface area contributed by atoms with Gasteiger partial charge in [-0.1, -0.05) is 17.4 Å². The van der Waals surface area contributed by atoms with E-state index in [9.17, 15) is 9.50 Å². The van der Waals surface area contributed by atoms with E-state index in [1.54, 1.807) is 24.3 Å². The van der Waals surface area contributed by atoms with Crippen LogP contribution in [-0.4, -0.2) is 57.7 Å². The third-order valence-corrected chi connectivity index (χ3v) is 8.42. The molecule has 2 aliphatic rings. The normalized spacial score (nSPS) is 28.1. The van der Waals surface area contributed by atoms with Crippen LogP contribution in [-0.2, 0) is 0 Å². The average Bonchev–Trinajstić information content (AvgIpc) is 3.30. The number of rotatable bonds is 5. The first-order chi connectivity index (χ1) is 16.6. The van der Waals surface area contributed by atoms with Gasteiger partial charge in [0.1, 0.15) is 11.9 Å². The highest BCUT2D eigenvalue weighted by Crippen LogP contribution is 2.44. The van der Waals surface area contributed by atoms with Crippen LogP contribution < -0.4 is 15.0 Å². The van der Waals surface area contributed by atoms with E-state index in [-0.39, 0.29) is 23.2 Å². The van der Waals surface area contributed by atoms with Crippen molar-refractivity contribution in [2.24, 2.45) is 0 Å². The Labute approximate surface area is 207 Å². The van der Waals surface area contributed by atoms with E-state index in [4.69, 9.17) is 4.74 Å². The number of phenolic OH excluding ortho intramolecular Hbond substituents is 1. The number of pyridine rings is 1. The summed E-state index contributed by atoms with van der Waals surface area (Å²) in [6, 6.07) is 7.58. The Morgan fingerprint density at radius 1 is 1.17 bits per heavy atom. The molecule has 2 N–H and O–H groups in total. The number of methoxy groups -OCH3 is 1. The van der Waals surface area contributed by atoms with Crippen LogP contribution in [0.1, 0.15) is 39.5 Å². The summed E-state index contributed by atoms with van der Waals surface area (Å²) < 4.78 is 34.5. The Hall–Kier alpha value is -2.85. The van der Waals surface area contributed by atoms with Gasteiger partial charge in [0.05, 0.1) is 18.7 Å². The zero-order valence-electron chi connectivity index (χ0n) is 20.2. The van der Waals surface area contributed by atoms with Gasteiger partial charge in [0.25, 0.3) is 0 Å². The number of aromatic hydroxyl groups is 1. The van der Waals surface area contributed by atoms with Crippen molar-refractivity contribution < 1.29 is 18.6 Å². The first kappa shape index (κ1) is 23.9. The fourth-order valence-electron chi connectivity index (χ4n) is 5.59. The molecule has 3 aromatic rings. The molecule has 0 saturated carbocycles. The fraction of sp³-hybridized carbons (Fsp3) is 0.480. The second kappa shape index (κ2) is 8.67. The van der Waals surface area contributed by atoms with Gasteiger partial charge in [0.2, 0.25) is 17.0 Å². The maximum Gasteiger partial charge on any atom is 0.216 e. The van der Waals surface area contributed by atoms with Gasteiger partial charge >= 0.3 is 0 Å². The molecule has 4 atom stereocenters. The molecule has 2 bridgehead atoms. The van der Waals surface area contributed by atoms with Crippen molar-refractivity contribution in [1.82, 2.24) is 20.5 Å². The van der Waals surface area contributed by atoms with Crippen LogP contribution in [0.25, 0.3) is 21.7 Å². The minimum absolute atomic E-state index is 0.0103. The molecule has 0 spiro atoms. The van der Waals surface area contributed by atoms with Crippen LogP contribution in [0.3, 0.4) is 0 Å². The second-order valence-electron chi connectivity index (χ2n) is 10.1. The minimum Gasteiger partial charge on any atom is -0.507 e. The predicted molar refractivity (Wildman–Crippen MR) is 132 cm³/mol. The van der Waals surface area contributed by atoms with Crippen molar-refractivity contribution in [2.75, 3.05) is 19.1 Å². The number of nitrogens with one attached hydrogen (secondary N) is 1. The van der Waals surface area contributed by atoms with Crippen LogP contribution in [0.2, 0.25) is 0 Å². The number of alkyl halides is 1. The summed E-state index contributed by atoms with van der Waals surface area (Å²) in [4.78, 5) is 5.55. The molecular weight excluding hydrogens is 472 g/mol. The SMILES string of the molecule is COc1cc(-c2ccc(-c3nnc(N(C)[C@H]4C[C@]5(C)CCC[C@@](C)(N5)[C@H]4F)s3)c(O)c2)cc(F)n1. The van der Waals surface area contributed by atoms with Crippen molar-refractivity contribution >= 4 is 16.5 Å². The molecule has 0 amide bonds. The van der Waals surface area contributed by atoms with Gasteiger partial charge in [-0.3, -0.25) is 0 Å². The topological polar surface area (TPSA) is 83.4 Å². The van der Waals surface area contributed by atoms with Crippen molar-refractivity contribution in [3.8, 4) is 33.3 Å². The number of hydrogen-bond acceptors (Lipinski definition) is 8. The Morgan fingerprint density at radius 3 is 2.71 bits per heavy atom. The molecule has 186 valence electrons. The standard InChI is InChI=1S/C25H29F2N5O2S/c1-24-8-5-9-25(2,31-24)21(27)17(13-24)32(3)23-30-29-22(35-23)16-7-6-14(10-18(16)33)15-11-19(26)28-20(12-15)34-4/h6-7,10-12,17,21,31,33H,5,8-9,13H2,1-4H3/t17-,21-,24-,25+/m0/s1. The molecule has 2 aliphatic heterocycles. The first-order valence-electron chi connectivity index (χ1n) is 11.7. The van der Waals surface area contributed by atoms with Crippen LogP contribution >= 0.6 is 11.3 Å². The lowest BCUT2D eigenvalue weighted by atomic mass is 9.68. The number of nitrogens with zero attached hydrogens (tertiary/aromatic N) is 4. The Bertz CT molecular complexity index is 1260. The lowest BCUT2D eigenvalue weighted by molar-refractivity contribution is 0.00210. The van der Waals surface area contributed by atoms with Gasteiger partial charge in [-0.2, -0.15) is 9.37 Å². The molecule has 2 fully saturated rings. The second-order valence-corrected chi connectivity index (χ2v) is 11.0. The average molecular weight is 502 g/mol. The van der Waals surface area contributed by atoms with Gasteiger partial charge in [0.15, 0.2) is 5.01 Å². The Morgan fingerprint density at radius 2 is 1.97 bits per heavy atom. The molecule has 10 heteroatoms. The van der Waals surface area contributed by atoms with Crippen LogP contribution in [0.4, 0.5) is 13.9 Å². The quantitative estimate of drug-likeness (QED) is 0.478. The van der Waals surface area contributed by atoms with E-state index >= 15 is 4.39 Å². The molecule has 0 aliphatic carbocycles. The molecule has 0 radical (unpaired) electrons. The summed E-state index contributed by atoms with van der Waals surface area (Å²) in [5.41, 5.74) is 0.980. The number of phenols is 1. The molecular formula is C25H29F2N5O2S. The van der Waals surface area contributed by atoms with Gasteiger partial charge in [0, 0.05) is 30.3 Å². The van der Waals surface area contributed by atoms with E-state index in [0.717, 1.165) is 19.3 Å². The molecule has 1 aromatic carbocycles. The zero-order chi connectivity index (χ0) is 25.0. The van der Waals surface area contributed by atoms with Crippen LogP contribution in [0, 0.1) is 5.95 Å². The highest BCUT2D eigenvalue weighted by atomic mass is 32.1. The Kier molecular flexibility index (Phi) is 5.91. The fourth-order valence-corrected chi connectivity index (χ4v) is 6.49. The smallest absolute Gasteiger partial charge is 0.216 e. The molecule has 5 rings (SSSR count). The van der Waals surface area contributed by atoms with E-state index in [0.29, 0.717) is 33.3 Å². The van der Waals surface area contributed by atoms with Crippen LogP contribution in [0.15, 0.2) is 30.3 Å². The molecule has 0 unspecified atom stereocenters. The van der Waals surface area contributed by atoms with Crippen molar-refractivity contribution in [3.05, 3.63) is 36.3 Å². The zero-order valence-corrected chi connectivity index (χ0v) is 21.0. The summed E-state index contributed by atoms with van der Waals surface area (Å²) in [6.07, 6.45) is 2.49. The monoisotopic (exact) mass is 501 g/mol. The lowest BCUT2D eigenvalue weighted by Crippen LogP contribution is -2.72. The van der Waals surface area contributed by atoms with Crippen molar-refractivity contribution in [3.63, 3.8) is 0 Å². The largest absolute Gasteiger partial charge is 0.507 e. The van der Waals surface area contributed by atoms with Gasteiger partial charge in [-0.15, -0.1) is 10.2 Å². The maximum absolute atomic E-state index is 15.7. The van der Waals surface area contributed by atoms with E-state index < -0.39 is 17.7 Å².